The Balaban J connectivity index is 2.02. The van der Waals surface area contributed by atoms with E-state index in [4.69, 9.17) is 4.74 Å². The number of halogens is 3. The van der Waals surface area contributed by atoms with Crippen LogP contribution in [0.3, 0.4) is 0 Å². The number of likely N-dealkylation sites (tertiary alicyclic amines) is 1. The van der Waals surface area contributed by atoms with E-state index in [1.54, 1.807) is 19.1 Å². The highest BCUT2D eigenvalue weighted by molar-refractivity contribution is 5.86. The van der Waals surface area contributed by atoms with Crippen molar-refractivity contribution in [3.63, 3.8) is 0 Å². The van der Waals surface area contributed by atoms with Crippen molar-refractivity contribution < 1.29 is 37.3 Å². The number of rotatable bonds is 5. The molecule has 27 heavy (non-hydrogen) atoms. The summed E-state index contributed by atoms with van der Waals surface area (Å²) in [6.07, 6.45) is -5.03. The number of aromatic hydroxyl groups is 1. The number of carbonyl (C=O) groups excluding carboxylic acids is 2. The molecule has 2 atom stereocenters. The van der Waals surface area contributed by atoms with Gasteiger partial charge >= 0.3 is 12.3 Å². The number of carbonyl (C=O) groups is 2. The Labute approximate surface area is 154 Å². The Kier molecular flexibility index (Phi) is 6.40. The van der Waals surface area contributed by atoms with Crippen LogP contribution in [0.2, 0.25) is 0 Å². The molecule has 10 heteroatoms. The number of hydrogen-bond donors (Lipinski definition) is 2. The maximum Gasteiger partial charge on any atom is 0.422 e. The summed E-state index contributed by atoms with van der Waals surface area (Å²) in [6.45, 7) is 0.0615. The predicted molar refractivity (Wildman–Crippen MR) is 88.3 cm³/mol. The molecule has 0 aromatic heterocycles. The maximum atomic E-state index is 12.5. The number of methoxy groups -OCH3 is 1. The third-order valence-corrected chi connectivity index (χ3v) is 4.21. The molecule has 150 valence electrons. The molecule has 0 radical (unpaired) electrons. The van der Waals surface area contributed by atoms with Crippen LogP contribution in [0.4, 0.5) is 18.0 Å². The Morgan fingerprint density at radius 1 is 1.41 bits per heavy atom. The van der Waals surface area contributed by atoms with Crippen molar-refractivity contribution in [1.82, 2.24) is 10.2 Å². The first kappa shape index (κ1) is 20.7. The average Bonchev–Trinajstić information content (AvgIpc) is 3.09. The highest BCUT2D eigenvalue weighted by Gasteiger charge is 2.38. The highest BCUT2D eigenvalue weighted by Crippen LogP contribution is 2.29. The van der Waals surface area contributed by atoms with Crippen molar-refractivity contribution in [3.05, 3.63) is 23.8 Å². The van der Waals surface area contributed by atoms with E-state index in [1.165, 1.54) is 13.2 Å². The molecular formula is C17H21F3N2O5. The van der Waals surface area contributed by atoms with E-state index in [0.29, 0.717) is 24.2 Å². The van der Waals surface area contributed by atoms with Gasteiger partial charge in [-0.1, -0.05) is 0 Å². The lowest BCUT2D eigenvalue weighted by Crippen LogP contribution is -2.47. The van der Waals surface area contributed by atoms with Crippen LogP contribution in [0.15, 0.2) is 18.2 Å². The molecule has 7 nitrogen and oxygen atoms in total. The van der Waals surface area contributed by atoms with Crippen molar-refractivity contribution in [2.45, 2.75) is 38.0 Å². The summed E-state index contributed by atoms with van der Waals surface area (Å²) in [7, 11) is 1.46. The smallest absolute Gasteiger partial charge is 0.422 e. The summed E-state index contributed by atoms with van der Waals surface area (Å²) < 4.78 is 45.9. The fraction of sp³-hybridized carbons (Fsp3) is 0.529. The molecule has 0 bridgehead atoms. The third-order valence-electron chi connectivity index (χ3n) is 4.21. The topological polar surface area (TPSA) is 88.1 Å². The minimum Gasteiger partial charge on any atom is -0.508 e. The van der Waals surface area contributed by atoms with Crippen LogP contribution in [0.1, 0.15) is 31.4 Å². The summed E-state index contributed by atoms with van der Waals surface area (Å²) >= 11 is 0. The van der Waals surface area contributed by atoms with Gasteiger partial charge in [-0.05, 0) is 38.0 Å². The summed E-state index contributed by atoms with van der Waals surface area (Å²) in [5.74, 6) is -0.0928. The molecule has 1 saturated heterocycles. The SMILES string of the molecule is COc1ccc(O)c(C(C)NC(=O)C2CCCN2C(=O)OCC(F)(F)F)c1. The molecule has 2 amide bonds. The van der Waals surface area contributed by atoms with E-state index in [0.717, 1.165) is 4.90 Å². The van der Waals surface area contributed by atoms with Gasteiger partial charge in [-0.25, -0.2) is 4.79 Å². The standard InChI is InChI=1S/C17H21F3N2O5/c1-10(12-8-11(26-2)5-6-14(12)23)21-15(24)13-4-3-7-22(13)16(25)27-9-17(18,19)20/h5-6,8,10,13,23H,3-4,7,9H2,1-2H3,(H,21,24). The molecule has 1 aliphatic heterocycles. The summed E-state index contributed by atoms with van der Waals surface area (Å²) in [5.41, 5.74) is 0.409. The number of phenolic OH excluding ortho intramolecular Hbond substituents is 1. The number of hydrogen-bond acceptors (Lipinski definition) is 5. The van der Waals surface area contributed by atoms with Gasteiger partial charge in [-0.3, -0.25) is 9.69 Å². The lowest BCUT2D eigenvalue weighted by Gasteiger charge is -2.25. The molecule has 1 aromatic rings. The molecule has 0 spiro atoms. The fourth-order valence-electron chi connectivity index (χ4n) is 2.88. The zero-order valence-corrected chi connectivity index (χ0v) is 14.9. The van der Waals surface area contributed by atoms with Gasteiger partial charge in [-0.2, -0.15) is 13.2 Å². The number of alkyl halides is 3. The second kappa shape index (κ2) is 8.36. The van der Waals surface area contributed by atoms with Gasteiger partial charge in [0.1, 0.15) is 17.5 Å². The normalized spacial score (nSPS) is 18.1. The van der Waals surface area contributed by atoms with E-state index in [1.807, 2.05) is 0 Å². The summed E-state index contributed by atoms with van der Waals surface area (Å²) in [4.78, 5) is 25.4. The number of ether oxygens (including phenoxy) is 2. The van der Waals surface area contributed by atoms with Gasteiger partial charge < -0.3 is 19.9 Å². The van der Waals surface area contributed by atoms with Crippen LogP contribution in [-0.4, -0.2) is 54.5 Å². The van der Waals surface area contributed by atoms with E-state index in [-0.39, 0.29) is 12.3 Å². The average molecular weight is 390 g/mol. The molecule has 2 rings (SSSR count). The molecule has 0 saturated carbocycles. The van der Waals surface area contributed by atoms with Crippen molar-refractivity contribution in [3.8, 4) is 11.5 Å². The first-order valence-corrected chi connectivity index (χ1v) is 8.30. The van der Waals surface area contributed by atoms with Crippen LogP contribution < -0.4 is 10.1 Å². The van der Waals surface area contributed by atoms with Gasteiger partial charge in [-0.15, -0.1) is 0 Å². The first-order valence-electron chi connectivity index (χ1n) is 8.30. The second-order valence-corrected chi connectivity index (χ2v) is 6.18. The Bertz CT molecular complexity index is 696. The van der Waals surface area contributed by atoms with Gasteiger partial charge in [0, 0.05) is 12.1 Å². The number of amides is 2. The van der Waals surface area contributed by atoms with Crippen LogP contribution in [-0.2, 0) is 9.53 Å². The van der Waals surface area contributed by atoms with E-state index in [9.17, 15) is 27.9 Å². The first-order chi connectivity index (χ1) is 12.6. The van der Waals surface area contributed by atoms with E-state index < -0.39 is 36.9 Å². The molecule has 2 unspecified atom stereocenters. The second-order valence-electron chi connectivity index (χ2n) is 6.18. The monoisotopic (exact) mass is 390 g/mol. The van der Waals surface area contributed by atoms with Crippen molar-refractivity contribution >= 4 is 12.0 Å². The predicted octanol–water partition coefficient (Wildman–Crippen LogP) is 2.74. The minimum absolute atomic E-state index is 0.0449. The molecule has 2 N–H and O–H groups in total. The number of benzene rings is 1. The summed E-state index contributed by atoms with van der Waals surface area (Å²) in [5, 5.41) is 12.6. The zero-order valence-electron chi connectivity index (χ0n) is 14.9. The maximum absolute atomic E-state index is 12.5. The van der Waals surface area contributed by atoms with Gasteiger partial charge in [0.05, 0.1) is 13.2 Å². The van der Waals surface area contributed by atoms with Gasteiger partial charge in [0.15, 0.2) is 6.61 Å². The molecule has 1 fully saturated rings. The lowest BCUT2D eigenvalue weighted by atomic mass is 10.1. The quantitative estimate of drug-likeness (QED) is 0.807. The van der Waals surface area contributed by atoms with Crippen LogP contribution in [0, 0.1) is 0 Å². The van der Waals surface area contributed by atoms with E-state index >= 15 is 0 Å². The minimum atomic E-state index is -4.63. The fourth-order valence-corrected chi connectivity index (χ4v) is 2.88. The Hall–Kier alpha value is -2.65. The molecule has 1 heterocycles. The van der Waals surface area contributed by atoms with Gasteiger partial charge in [0.2, 0.25) is 5.91 Å². The lowest BCUT2D eigenvalue weighted by molar-refractivity contribution is -0.162. The van der Waals surface area contributed by atoms with Crippen molar-refractivity contribution in [2.24, 2.45) is 0 Å². The number of nitrogens with one attached hydrogen (secondary N) is 1. The van der Waals surface area contributed by atoms with Crippen LogP contribution in [0.25, 0.3) is 0 Å². The van der Waals surface area contributed by atoms with Crippen molar-refractivity contribution in [1.29, 1.82) is 0 Å². The number of phenols is 1. The molecule has 0 aliphatic carbocycles. The zero-order chi connectivity index (χ0) is 20.2. The molecular weight excluding hydrogens is 369 g/mol. The third kappa shape index (κ3) is 5.41. The van der Waals surface area contributed by atoms with Crippen LogP contribution >= 0.6 is 0 Å². The van der Waals surface area contributed by atoms with Crippen LogP contribution in [0.5, 0.6) is 11.5 Å². The largest absolute Gasteiger partial charge is 0.508 e. The Morgan fingerprint density at radius 3 is 2.74 bits per heavy atom. The molecule has 1 aliphatic rings. The van der Waals surface area contributed by atoms with Gasteiger partial charge in [0.25, 0.3) is 0 Å². The number of nitrogens with zero attached hydrogens (tertiary/aromatic N) is 1. The Morgan fingerprint density at radius 2 is 2.11 bits per heavy atom. The molecule has 1 aromatic carbocycles. The van der Waals surface area contributed by atoms with Crippen molar-refractivity contribution in [2.75, 3.05) is 20.3 Å². The summed E-state index contributed by atoms with van der Waals surface area (Å²) in [6, 6.07) is 3.00. The highest BCUT2D eigenvalue weighted by atomic mass is 19.4. The van der Waals surface area contributed by atoms with E-state index in [2.05, 4.69) is 10.1 Å².